The van der Waals surface area contributed by atoms with E-state index in [9.17, 15) is 4.79 Å². The molecule has 40 heavy (non-hydrogen) atoms. The molecule has 4 aromatic rings. The van der Waals surface area contributed by atoms with Gasteiger partial charge in [-0.1, -0.05) is 6.07 Å². The van der Waals surface area contributed by atoms with Gasteiger partial charge < -0.3 is 14.5 Å². The lowest BCUT2D eigenvalue weighted by molar-refractivity contribution is 0.0240. The molecule has 4 heterocycles. The van der Waals surface area contributed by atoms with Gasteiger partial charge in [0.2, 0.25) is 0 Å². The van der Waals surface area contributed by atoms with Crippen LogP contribution in [0, 0.1) is 5.82 Å². The molecule has 0 bridgehead atoms. The number of rotatable bonds is 6. The molecular weight excluding hydrogens is 509 g/mol. The predicted molar refractivity (Wildman–Crippen MR) is 151 cm³/mol. The first kappa shape index (κ1) is 27.2. The van der Waals surface area contributed by atoms with Crippen molar-refractivity contribution >= 4 is 11.8 Å². The standard InChI is InChI=1S/C30H34FN7O2/c1-5-38-20-23(28(35-38)22-7-6-11-32-19-22)25-10-12-33-27(34-25)18-21-8-9-26(24(31)17-21)36-13-15-37(16-14-36)29(39)40-30(2,3)4/h6-12,17,19-20H,5,13-16,18H2,1-4H3. The normalized spacial score (nSPS) is 13.9. The van der Waals surface area contributed by atoms with Crippen molar-refractivity contribution in [3.63, 3.8) is 0 Å². The number of pyridine rings is 1. The summed E-state index contributed by atoms with van der Waals surface area (Å²) >= 11 is 0. The van der Waals surface area contributed by atoms with Crippen LogP contribution in [0.25, 0.3) is 22.5 Å². The number of ether oxygens (including phenoxy) is 1. The molecule has 1 aliphatic rings. The van der Waals surface area contributed by atoms with Gasteiger partial charge in [-0.3, -0.25) is 9.67 Å². The molecule has 0 radical (unpaired) electrons. The fourth-order valence-electron chi connectivity index (χ4n) is 4.68. The summed E-state index contributed by atoms with van der Waals surface area (Å²) in [7, 11) is 0. The quantitative estimate of drug-likeness (QED) is 0.330. The molecule has 0 saturated carbocycles. The number of anilines is 1. The molecule has 5 rings (SSSR count). The maximum Gasteiger partial charge on any atom is 0.410 e. The van der Waals surface area contributed by atoms with Crippen molar-refractivity contribution in [3.05, 3.63) is 78.4 Å². The molecule has 0 aliphatic carbocycles. The van der Waals surface area contributed by atoms with Gasteiger partial charge in [-0.25, -0.2) is 19.2 Å². The van der Waals surface area contributed by atoms with Gasteiger partial charge in [-0.2, -0.15) is 5.10 Å². The summed E-state index contributed by atoms with van der Waals surface area (Å²) in [5, 5.41) is 4.72. The highest BCUT2D eigenvalue weighted by atomic mass is 19.1. The van der Waals surface area contributed by atoms with E-state index in [4.69, 9.17) is 14.8 Å². The Morgan fingerprint density at radius 2 is 1.88 bits per heavy atom. The van der Waals surface area contributed by atoms with Crippen LogP contribution in [-0.4, -0.2) is 67.5 Å². The van der Waals surface area contributed by atoms with Gasteiger partial charge in [0.05, 0.1) is 11.4 Å². The number of carbonyl (C=O) groups excluding carboxylic acids is 1. The molecule has 1 aromatic carbocycles. The summed E-state index contributed by atoms with van der Waals surface area (Å²) < 4.78 is 22.6. The highest BCUT2D eigenvalue weighted by Crippen LogP contribution is 2.30. The monoisotopic (exact) mass is 543 g/mol. The third kappa shape index (κ3) is 6.27. The van der Waals surface area contributed by atoms with Crippen molar-refractivity contribution in [1.82, 2.24) is 29.6 Å². The minimum Gasteiger partial charge on any atom is -0.444 e. The summed E-state index contributed by atoms with van der Waals surface area (Å²) in [6.45, 7) is 10.3. The average molecular weight is 544 g/mol. The fraction of sp³-hybridized carbons (Fsp3) is 0.367. The minimum absolute atomic E-state index is 0.303. The Morgan fingerprint density at radius 3 is 2.55 bits per heavy atom. The maximum absolute atomic E-state index is 15.2. The van der Waals surface area contributed by atoms with Crippen LogP contribution in [0.2, 0.25) is 0 Å². The second-order valence-corrected chi connectivity index (χ2v) is 10.8. The fourth-order valence-corrected chi connectivity index (χ4v) is 4.68. The molecule has 1 amide bonds. The first-order chi connectivity index (χ1) is 19.2. The van der Waals surface area contributed by atoms with Gasteiger partial charge in [0.1, 0.15) is 22.9 Å². The Hall–Kier alpha value is -4.34. The van der Waals surface area contributed by atoms with E-state index in [0.29, 0.717) is 44.1 Å². The molecule has 0 unspecified atom stereocenters. The molecule has 0 N–H and O–H groups in total. The number of aryl methyl sites for hydroxylation is 1. The molecule has 3 aromatic heterocycles. The zero-order valence-corrected chi connectivity index (χ0v) is 23.3. The number of aromatic nitrogens is 5. The molecule has 1 aliphatic heterocycles. The number of carbonyl (C=O) groups is 1. The van der Waals surface area contributed by atoms with Gasteiger partial charge in [-0.05, 0) is 63.6 Å². The first-order valence-corrected chi connectivity index (χ1v) is 13.5. The van der Waals surface area contributed by atoms with Crippen LogP contribution in [0.5, 0.6) is 0 Å². The van der Waals surface area contributed by atoms with Crippen molar-refractivity contribution in [3.8, 4) is 22.5 Å². The summed E-state index contributed by atoms with van der Waals surface area (Å²) in [6.07, 6.45) is 7.28. The highest BCUT2D eigenvalue weighted by Gasteiger charge is 2.27. The van der Waals surface area contributed by atoms with Crippen LogP contribution in [-0.2, 0) is 17.7 Å². The van der Waals surface area contributed by atoms with Gasteiger partial charge in [0.25, 0.3) is 0 Å². The van der Waals surface area contributed by atoms with Crippen molar-refractivity contribution < 1.29 is 13.9 Å². The van der Waals surface area contributed by atoms with E-state index in [1.54, 1.807) is 35.6 Å². The van der Waals surface area contributed by atoms with E-state index in [2.05, 4.69) is 9.97 Å². The number of nitrogens with zero attached hydrogens (tertiary/aromatic N) is 7. The zero-order chi connectivity index (χ0) is 28.3. The minimum atomic E-state index is -0.543. The van der Waals surface area contributed by atoms with Gasteiger partial charge in [-0.15, -0.1) is 0 Å². The topological polar surface area (TPSA) is 89.3 Å². The number of hydrogen-bond donors (Lipinski definition) is 0. The third-order valence-corrected chi connectivity index (χ3v) is 6.65. The van der Waals surface area contributed by atoms with E-state index in [1.807, 2.05) is 67.7 Å². The second kappa shape index (κ2) is 11.4. The lowest BCUT2D eigenvalue weighted by Crippen LogP contribution is -2.50. The Morgan fingerprint density at radius 1 is 1.07 bits per heavy atom. The highest BCUT2D eigenvalue weighted by molar-refractivity contribution is 5.78. The van der Waals surface area contributed by atoms with Crippen LogP contribution in [0.1, 0.15) is 39.1 Å². The summed E-state index contributed by atoms with van der Waals surface area (Å²) in [4.78, 5) is 29.5. The molecule has 0 spiro atoms. The number of hydrogen-bond acceptors (Lipinski definition) is 7. The predicted octanol–water partition coefficient (Wildman–Crippen LogP) is 5.21. The Bertz CT molecular complexity index is 1480. The lowest BCUT2D eigenvalue weighted by atomic mass is 10.1. The zero-order valence-electron chi connectivity index (χ0n) is 23.3. The molecule has 0 atom stereocenters. The smallest absolute Gasteiger partial charge is 0.410 e. The summed E-state index contributed by atoms with van der Waals surface area (Å²) in [6, 6.07) is 11.0. The number of piperazine rings is 1. The van der Waals surface area contributed by atoms with Crippen LogP contribution in [0.15, 0.2) is 61.2 Å². The van der Waals surface area contributed by atoms with Crippen molar-refractivity contribution in [1.29, 1.82) is 0 Å². The Labute approximate surface area is 233 Å². The van der Waals surface area contributed by atoms with Crippen LogP contribution < -0.4 is 4.90 Å². The van der Waals surface area contributed by atoms with Crippen molar-refractivity contribution in [2.75, 3.05) is 31.1 Å². The van der Waals surface area contributed by atoms with Crippen LogP contribution in [0.3, 0.4) is 0 Å². The van der Waals surface area contributed by atoms with E-state index >= 15 is 4.39 Å². The molecule has 10 heteroatoms. The second-order valence-electron chi connectivity index (χ2n) is 10.8. The van der Waals surface area contributed by atoms with E-state index < -0.39 is 5.60 Å². The third-order valence-electron chi connectivity index (χ3n) is 6.65. The molecule has 9 nitrogen and oxygen atoms in total. The average Bonchev–Trinajstić information content (AvgIpc) is 3.38. The molecular formula is C30H34FN7O2. The summed E-state index contributed by atoms with van der Waals surface area (Å²) in [5.41, 5.74) is 4.13. The van der Waals surface area contributed by atoms with Crippen molar-refractivity contribution in [2.24, 2.45) is 0 Å². The van der Waals surface area contributed by atoms with Gasteiger partial charge >= 0.3 is 6.09 Å². The molecule has 1 saturated heterocycles. The van der Waals surface area contributed by atoms with E-state index in [0.717, 1.165) is 34.6 Å². The molecule has 1 fully saturated rings. The first-order valence-electron chi connectivity index (χ1n) is 13.5. The SMILES string of the molecule is CCn1cc(-c2ccnc(Cc3ccc(N4CCN(C(=O)OC(C)(C)C)CC4)c(F)c3)n2)c(-c2cccnc2)n1. The Balaban J connectivity index is 1.29. The summed E-state index contributed by atoms with van der Waals surface area (Å²) in [5.74, 6) is 0.291. The van der Waals surface area contributed by atoms with E-state index in [1.165, 1.54) is 0 Å². The van der Waals surface area contributed by atoms with Crippen LogP contribution >= 0.6 is 0 Å². The Kier molecular flexibility index (Phi) is 7.77. The largest absolute Gasteiger partial charge is 0.444 e. The maximum atomic E-state index is 15.2. The number of amides is 1. The number of benzene rings is 1. The lowest BCUT2D eigenvalue weighted by Gasteiger charge is -2.36. The van der Waals surface area contributed by atoms with Gasteiger partial charge in [0, 0.05) is 75.1 Å². The van der Waals surface area contributed by atoms with Gasteiger partial charge in [0.15, 0.2) is 0 Å². The van der Waals surface area contributed by atoms with E-state index in [-0.39, 0.29) is 11.9 Å². The number of halogens is 1. The van der Waals surface area contributed by atoms with Crippen molar-refractivity contribution in [2.45, 2.75) is 46.3 Å². The van der Waals surface area contributed by atoms with Crippen LogP contribution in [0.4, 0.5) is 14.9 Å². The molecule has 208 valence electrons.